The SMILES string of the molecule is CCCn1c(=NC(=O)c2ccc(S(=O)(=O)N(CC)c3ccccc3)cc2)sc2cc(F)ccc21. The number of amides is 1. The first-order valence-corrected chi connectivity index (χ1v) is 13.2. The molecule has 4 rings (SSSR count). The highest BCUT2D eigenvalue weighted by molar-refractivity contribution is 7.92. The molecule has 0 aliphatic carbocycles. The average molecular weight is 498 g/mol. The average Bonchev–Trinajstić information content (AvgIpc) is 3.16. The number of hydrogen-bond donors (Lipinski definition) is 0. The maximum atomic E-state index is 13.7. The summed E-state index contributed by atoms with van der Waals surface area (Å²) in [5.74, 6) is -0.833. The van der Waals surface area contributed by atoms with Crippen LogP contribution in [0.4, 0.5) is 10.1 Å². The predicted molar refractivity (Wildman–Crippen MR) is 133 cm³/mol. The number of fused-ring (bicyclic) bond motifs is 1. The summed E-state index contributed by atoms with van der Waals surface area (Å²) in [6, 6.07) is 19.1. The van der Waals surface area contributed by atoms with Crippen molar-refractivity contribution in [1.82, 2.24) is 4.57 Å². The lowest BCUT2D eigenvalue weighted by molar-refractivity contribution is 0.0997. The van der Waals surface area contributed by atoms with Gasteiger partial charge >= 0.3 is 0 Å². The van der Waals surface area contributed by atoms with Crippen molar-refractivity contribution in [2.45, 2.75) is 31.7 Å². The molecule has 1 heterocycles. The first kappa shape index (κ1) is 23.8. The summed E-state index contributed by atoms with van der Waals surface area (Å²) in [7, 11) is -3.79. The smallest absolute Gasteiger partial charge is 0.279 e. The second-order valence-electron chi connectivity index (χ2n) is 7.59. The van der Waals surface area contributed by atoms with Gasteiger partial charge in [0.15, 0.2) is 4.80 Å². The first-order chi connectivity index (χ1) is 16.3. The van der Waals surface area contributed by atoms with E-state index in [4.69, 9.17) is 0 Å². The van der Waals surface area contributed by atoms with Gasteiger partial charge in [-0.25, -0.2) is 12.8 Å². The van der Waals surface area contributed by atoms with Crippen molar-refractivity contribution in [2.24, 2.45) is 4.99 Å². The Kier molecular flexibility index (Phi) is 6.95. The van der Waals surface area contributed by atoms with Crippen LogP contribution in [0.15, 0.2) is 82.7 Å². The molecule has 0 unspecified atom stereocenters. The van der Waals surface area contributed by atoms with Gasteiger partial charge in [0.2, 0.25) is 0 Å². The molecule has 0 radical (unpaired) electrons. The number of thiazole rings is 1. The summed E-state index contributed by atoms with van der Waals surface area (Å²) in [5.41, 5.74) is 1.66. The number of anilines is 1. The van der Waals surface area contributed by atoms with E-state index in [0.29, 0.717) is 21.7 Å². The molecule has 3 aromatic carbocycles. The number of aromatic nitrogens is 1. The van der Waals surface area contributed by atoms with E-state index >= 15 is 0 Å². The van der Waals surface area contributed by atoms with Crippen LogP contribution in [0.25, 0.3) is 10.2 Å². The van der Waals surface area contributed by atoms with Gasteiger partial charge in [0.25, 0.3) is 15.9 Å². The highest BCUT2D eigenvalue weighted by Gasteiger charge is 2.23. The maximum absolute atomic E-state index is 13.7. The van der Waals surface area contributed by atoms with E-state index < -0.39 is 15.9 Å². The largest absolute Gasteiger partial charge is 0.316 e. The third-order valence-corrected chi connectivity index (χ3v) is 8.27. The van der Waals surface area contributed by atoms with Crippen LogP contribution in [-0.4, -0.2) is 25.4 Å². The van der Waals surface area contributed by atoms with Crippen molar-refractivity contribution in [1.29, 1.82) is 0 Å². The van der Waals surface area contributed by atoms with Crippen molar-refractivity contribution in [3.05, 3.63) is 89.0 Å². The highest BCUT2D eigenvalue weighted by atomic mass is 32.2. The first-order valence-electron chi connectivity index (χ1n) is 10.9. The van der Waals surface area contributed by atoms with Gasteiger partial charge in [-0.2, -0.15) is 4.99 Å². The number of sulfonamides is 1. The zero-order chi connectivity index (χ0) is 24.3. The summed E-state index contributed by atoms with van der Waals surface area (Å²) in [6.07, 6.45) is 0.826. The molecule has 0 bridgehead atoms. The van der Waals surface area contributed by atoms with E-state index in [2.05, 4.69) is 4.99 Å². The van der Waals surface area contributed by atoms with Crippen LogP contribution in [-0.2, 0) is 16.6 Å². The fourth-order valence-electron chi connectivity index (χ4n) is 3.71. The minimum absolute atomic E-state index is 0.0909. The number of hydrogen-bond acceptors (Lipinski definition) is 4. The van der Waals surface area contributed by atoms with E-state index in [1.165, 1.54) is 52.0 Å². The van der Waals surface area contributed by atoms with Crippen LogP contribution in [0.2, 0.25) is 0 Å². The summed E-state index contributed by atoms with van der Waals surface area (Å²) in [4.78, 5) is 17.7. The quantitative estimate of drug-likeness (QED) is 0.352. The van der Waals surface area contributed by atoms with Crippen LogP contribution in [0.1, 0.15) is 30.6 Å². The molecule has 0 aliphatic heterocycles. The van der Waals surface area contributed by atoms with Gasteiger partial charge in [0, 0.05) is 18.7 Å². The molecule has 9 heteroatoms. The van der Waals surface area contributed by atoms with Crippen LogP contribution in [0.3, 0.4) is 0 Å². The molecule has 1 aromatic heterocycles. The summed E-state index contributed by atoms with van der Waals surface area (Å²) >= 11 is 1.25. The van der Waals surface area contributed by atoms with Crippen LogP contribution in [0, 0.1) is 5.82 Å². The third kappa shape index (κ3) is 4.67. The fraction of sp³-hybridized carbons (Fsp3) is 0.200. The van der Waals surface area contributed by atoms with Crippen molar-refractivity contribution >= 4 is 43.2 Å². The van der Waals surface area contributed by atoms with Gasteiger partial charge in [-0.05, 0) is 67.9 Å². The van der Waals surface area contributed by atoms with Gasteiger partial charge in [-0.3, -0.25) is 9.10 Å². The van der Waals surface area contributed by atoms with Crippen LogP contribution < -0.4 is 9.11 Å². The number of carbonyl (C=O) groups excluding carboxylic acids is 1. The third-order valence-electron chi connectivity index (χ3n) is 5.31. The van der Waals surface area contributed by atoms with Crippen molar-refractivity contribution in [2.75, 3.05) is 10.8 Å². The molecule has 0 saturated heterocycles. The lowest BCUT2D eigenvalue weighted by Crippen LogP contribution is -2.30. The molecule has 34 heavy (non-hydrogen) atoms. The number of benzene rings is 3. The van der Waals surface area contributed by atoms with Gasteiger partial charge in [0.1, 0.15) is 5.82 Å². The second kappa shape index (κ2) is 9.90. The van der Waals surface area contributed by atoms with E-state index in [1.54, 1.807) is 37.3 Å². The van der Waals surface area contributed by atoms with E-state index in [1.807, 2.05) is 17.6 Å². The summed E-state index contributed by atoms with van der Waals surface area (Å²) in [6.45, 7) is 4.69. The van der Waals surface area contributed by atoms with Crippen LogP contribution in [0.5, 0.6) is 0 Å². The second-order valence-corrected chi connectivity index (χ2v) is 10.5. The number of carbonyl (C=O) groups is 1. The Bertz CT molecular complexity index is 1490. The van der Waals surface area contributed by atoms with Gasteiger partial charge in [-0.1, -0.05) is 36.5 Å². The number of rotatable bonds is 7. The Morgan fingerprint density at radius 1 is 1.03 bits per heavy atom. The topological polar surface area (TPSA) is 71.7 Å². The maximum Gasteiger partial charge on any atom is 0.279 e. The number of aryl methyl sites for hydroxylation is 1. The Morgan fingerprint density at radius 2 is 1.74 bits per heavy atom. The molecule has 6 nitrogen and oxygen atoms in total. The number of halogens is 1. The molecule has 0 atom stereocenters. The minimum Gasteiger partial charge on any atom is -0.316 e. The summed E-state index contributed by atoms with van der Waals surface area (Å²) in [5, 5.41) is 0. The minimum atomic E-state index is -3.79. The molecule has 4 aromatic rings. The normalized spacial score (nSPS) is 12.3. The van der Waals surface area contributed by atoms with Crippen LogP contribution >= 0.6 is 11.3 Å². The van der Waals surface area contributed by atoms with Gasteiger partial charge < -0.3 is 4.57 Å². The van der Waals surface area contributed by atoms with Gasteiger partial charge in [-0.15, -0.1) is 0 Å². The monoisotopic (exact) mass is 497 g/mol. The number of nitrogens with zero attached hydrogens (tertiary/aromatic N) is 3. The summed E-state index contributed by atoms with van der Waals surface area (Å²) < 4.78 is 43.9. The number of para-hydroxylation sites is 1. The zero-order valence-electron chi connectivity index (χ0n) is 18.8. The molecule has 176 valence electrons. The lowest BCUT2D eigenvalue weighted by atomic mass is 10.2. The molecule has 0 saturated carbocycles. The van der Waals surface area contributed by atoms with Gasteiger partial charge in [0.05, 0.1) is 20.8 Å². The van der Waals surface area contributed by atoms with E-state index in [-0.39, 0.29) is 22.8 Å². The van der Waals surface area contributed by atoms with Crippen molar-refractivity contribution in [3.63, 3.8) is 0 Å². The molecule has 1 amide bonds. The van der Waals surface area contributed by atoms with Crippen molar-refractivity contribution in [3.8, 4) is 0 Å². The molecule has 0 spiro atoms. The molecular weight excluding hydrogens is 473 g/mol. The predicted octanol–water partition coefficient (Wildman–Crippen LogP) is 5.21. The Balaban J connectivity index is 1.67. The highest BCUT2D eigenvalue weighted by Crippen LogP contribution is 2.24. The fourth-order valence-corrected chi connectivity index (χ4v) is 6.26. The van der Waals surface area contributed by atoms with Crippen molar-refractivity contribution < 1.29 is 17.6 Å². The Labute approximate surface area is 201 Å². The zero-order valence-corrected chi connectivity index (χ0v) is 20.4. The Hall–Kier alpha value is -3.30. The Morgan fingerprint density at radius 3 is 2.38 bits per heavy atom. The molecule has 0 aliphatic rings. The standard InChI is InChI=1S/C25H24FN3O3S2/c1-3-16-28-22-15-12-19(26)17-23(22)33-25(28)27-24(30)18-10-13-21(14-11-18)34(31,32)29(4-2)20-8-6-5-7-9-20/h5-15,17H,3-4,16H2,1-2H3. The molecule has 0 N–H and O–H groups in total. The van der Waals surface area contributed by atoms with E-state index in [9.17, 15) is 17.6 Å². The molecular formula is C25H24FN3O3S2. The molecule has 0 fully saturated rings. The van der Waals surface area contributed by atoms with E-state index in [0.717, 1.165) is 11.9 Å². The lowest BCUT2D eigenvalue weighted by Gasteiger charge is -2.22.